The Morgan fingerprint density at radius 2 is 0.922 bits per heavy atom. The highest BCUT2D eigenvalue weighted by Gasteiger charge is 2.37. The van der Waals surface area contributed by atoms with Crippen molar-refractivity contribution in [2.24, 2.45) is 11.7 Å². The maximum absolute atomic E-state index is 13.5. The largest absolute Gasteiger partial charge is 0.481 e. The van der Waals surface area contributed by atoms with Crippen LogP contribution in [0.5, 0.6) is 0 Å². The van der Waals surface area contributed by atoms with Crippen LogP contribution in [0.2, 0.25) is 0 Å². The van der Waals surface area contributed by atoms with Crippen molar-refractivity contribution in [3.8, 4) is 0 Å². The summed E-state index contributed by atoms with van der Waals surface area (Å²) in [5.41, 5.74) is 5.58. The van der Waals surface area contributed by atoms with Crippen molar-refractivity contribution >= 4 is 76.9 Å². The van der Waals surface area contributed by atoms with E-state index in [1.807, 2.05) is 0 Å². The zero-order valence-corrected chi connectivity index (χ0v) is 37.4. The van der Waals surface area contributed by atoms with Gasteiger partial charge in [0, 0.05) is 6.42 Å². The fraction of sp³-hybridized carbons (Fsp3) is 0.703. The number of carbonyl (C=O) groups excluding carboxylic acids is 8. The van der Waals surface area contributed by atoms with Crippen LogP contribution in [0, 0.1) is 5.92 Å². The van der Waals surface area contributed by atoms with Crippen molar-refractivity contribution in [1.29, 1.82) is 0 Å². The number of aliphatic hydroxyl groups is 3. The summed E-state index contributed by atoms with van der Waals surface area (Å²) in [6.07, 6.45) is -4.12. The zero-order chi connectivity index (χ0) is 49.6. The number of rotatable bonds is 30. The molecule has 364 valence electrons. The topological polar surface area (TPSA) is 431 Å². The molecule has 0 aromatic carbocycles. The molecule has 0 heterocycles. The van der Waals surface area contributed by atoms with Crippen LogP contribution in [0.1, 0.15) is 73.6 Å². The second kappa shape index (κ2) is 28.9. The standard InChI is InChI=1S/C37H63N9O17S/c1-15(2)12-22(32(57)41-20(8-9-25(50)51)30(55)39-17(4)37(62)63)42-33(58)23(13-26(52)53)43-35(60)27(18(5)48)46-36(61)28(19(6)49)45-34(59)24(14-47)44-31(56)21(10-11-64-7)40-29(54)16(3)38/h15-24,27-28,47-49H,8-14,38H2,1-7H3,(H,39,55)(H,40,54)(H,41,57)(H,42,58)(H,43,60)(H,44,56)(H,45,59)(H,46,61)(H,50,51)(H,52,53)(H,62,63). The average molecular weight is 938 g/mol. The van der Waals surface area contributed by atoms with Crippen molar-refractivity contribution in [1.82, 2.24) is 42.5 Å². The van der Waals surface area contributed by atoms with Gasteiger partial charge in [0.05, 0.1) is 31.3 Å². The fourth-order valence-corrected chi connectivity index (χ4v) is 5.86. The lowest BCUT2D eigenvalue weighted by atomic mass is 10.0. The van der Waals surface area contributed by atoms with Gasteiger partial charge in [-0.05, 0) is 64.9 Å². The molecule has 8 amide bonds. The molecule has 27 heteroatoms. The van der Waals surface area contributed by atoms with E-state index in [4.69, 9.17) is 15.9 Å². The third-order valence-corrected chi connectivity index (χ3v) is 9.60. The molecular formula is C37H63N9O17S. The van der Waals surface area contributed by atoms with Gasteiger partial charge in [-0.3, -0.25) is 52.7 Å². The minimum absolute atomic E-state index is 0.100. The Labute approximate surface area is 372 Å². The molecule has 26 nitrogen and oxygen atoms in total. The molecule has 0 aromatic heterocycles. The fourth-order valence-electron chi connectivity index (χ4n) is 5.39. The summed E-state index contributed by atoms with van der Waals surface area (Å²) in [5, 5.41) is 76.3. The van der Waals surface area contributed by atoms with Crippen LogP contribution in [0.15, 0.2) is 0 Å². The van der Waals surface area contributed by atoms with Crippen LogP contribution in [-0.2, 0) is 52.7 Å². The van der Waals surface area contributed by atoms with E-state index >= 15 is 0 Å². The number of nitrogens with one attached hydrogen (secondary N) is 8. The molecule has 0 spiro atoms. The van der Waals surface area contributed by atoms with E-state index in [0.717, 1.165) is 20.8 Å². The van der Waals surface area contributed by atoms with Crippen molar-refractivity contribution < 1.29 is 83.4 Å². The first-order valence-electron chi connectivity index (χ1n) is 20.0. The molecule has 0 bridgehead atoms. The predicted octanol–water partition coefficient (Wildman–Crippen LogP) is -5.79. The lowest BCUT2D eigenvalue weighted by Gasteiger charge is -2.29. The van der Waals surface area contributed by atoms with Crippen LogP contribution in [-0.4, -0.2) is 181 Å². The van der Waals surface area contributed by atoms with Crippen molar-refractivity contribution in [2.75, 3.05) is 18.6 Å². The molecular weight excluding hydrogens is 875 g/mol. The monoisotopic (exact) mass is 937 g/mol. The lowest BCUT2D eigenvalue weighted by Crippen LogP contribution is -2.63. The van der Waals surface area contributed by atoms with Crippen LogP contribution in [0.3, 0.4) is 0 Å². The molecule has 0 aromatic rings. The number of aliphatic hydroxyl groups excluding tert-OH is 3. The predicted molar refractivity (Wildman–Crippen MR) is 224 cm³/mol. The van der Waals surface area contributed by atoms with Crippen LogP contribution in [0.4, 0.5) is 0 Å². The van der Waals surface area contributed by atoms with Gasteiger partial charge in [-0.25, -0.2) is 0 Å². The van der Waals surface area contributed by atoms with Gasteiger partial charge in [-0.2, -0.15) is 11.8 Å². The van der Waals surface area contributed by atoms with Crippen molar-refractivity contribution in [3.63, 3.8) is 0 Å². The van der Waals surface area contributed by atoms with Gasteiger partial charge in [0.25, 0.3) is 0 Å². The van der Waals surface area contributed by atoms with Crippen molar-refractivity contribution in [3.05, 3.63) is 0 Å². The van der Waals surface area contributed by atoms with Gasteiger partial charge in [0.1, 0.15) is 48.3 Å². The number of carbonyl (C=O) groups is 11. The Bertz CT molecular complexity index is 1670. The Kier molecular flexibility index (Phi) is 26.4. The van der Waals surface area contributed by atoms with E-state index in [1.165, 1.54) is 18.7 Å². The van der Waals surface area contributed by atoms with Gasteiger partial charge in [-0.1, -0.05) is 13.8 Å². The Hall–Kier alpha value is -5.64. The highest BCUT2D eigenvalue weighted by molar-refractivity contribution is 7.98. The van der Waals surface area contributed by atoms with Crippen LogP contribution < -0.4 is 48.3 Å². The highest BCUT2D eigenvalue weighted by Crippen LogP contribution is 2.10. The number of hydrogen-bond donors (Lipinski definition) is 15. The molecule has 11 unspecified atom stereocenters. The van der Waals surface area contributed by atoms with E-state index in [0.29, 0.717) is 5.75 Å². The maximum atomic E-state index is 13.5. The van der Waals surface area contributed by atoms with Gasteiger partial charge in [0.15, 0.2) is 0 Å². The first-order valence-corrected chi connectivity index (χ1v) is 21.4. The quantitative estimate of drug-likeness (QED) is 0.0319. The third-order valence-electron chi connectivity index (χ3n) is 8.96. The Balaban J connectivity index is 6.31. The first-order chi connectivity index (χ1) is 29.7. The molecule has 0 aliphatic rings. The Morgan fingerprint density at radius 3 is 1.38 bits per heavy atom. The van der Waals surface area contributed by atoms with Crippen LogP contribution in [0.25, 0.3) is 0 Å². The molecule has 0 saturated heterocycles. The lowest BCUT2D eigenvalue weighted by molar-refractivity contribution is -0.143. The summed E-state index contributed by atoms with van der Waals surface area (Å²) in [6.45, 7) is 6.77. The average Bonchev–Trinajstić information content (AvgIpc) is 3.18. The summed E-state index contributed by atoms with van der Waals surface area (Å²) in [6, 6.07) is -14.5. The van der Waals surface area contributed by atoms with Gasteiger partial charge < -0.3 is 78.9 Å². The van der Waals surface area contributed by atoms with E-state index in [1.54, 1.807) is 20.1 Å². The second-order valence-electron chi connectivity index (χ2n) is 15.2. The minimum Gasteiger partial charge on any atom is -0.481 e. The summed E-state index contributed by atoms with van der Waals surface area (Å²) in [5.74, 6) is -13.3. The minimum atomic E-state index is -2.01. The zero-order valence-electron chi connectivity index (χ0n) is 36.5. The summed E-state index contributed by atoms with van der Waals surface area (Å²) >= 11 is 1.35. The van der Waals surface area contributed by atoms with Crippen molar-refractivity contribution in [2.45, 2.75) is 140 Å². The molecule has 11 atom stereocenters. The van der Waals surface area contributed by atoms with E-state index < -0.39 is 158 Å². The second-order valence-corrected chi connectivity index (χ2v) is 16.2. The molecule has 0 fully saturated rings. The molecule has 0 rings (SSSR count). The van der Waals surface area contributed by atoms with Gasteiger partial charge >= 0.3 is 17.9 Å². The third kappa shape index (κ3) is 21.6. The molecule has 16 N–H and O–H groups in total. The highest BCUT2D eigenvalue weighted by atomic mass is 32.2. The Morgan fingerprint density at radius 1 is 0.516 bits per heavy atom. The van der Waals surface area contributed by atoms with E-state index in [2.05, 4.69) is 42.5 Å². The normalized spacial score (nSPS) is 16.2. The SMILES string of the molecule is CSCCC(NC(=O)C(C)N)C(=O)NC(CO)C(=O)NC(C(=O)NC(C(=O)NC(CC(=O)O)C(=O)NC(CC(C)C)C(=O)NC(CCC(=O)O)C(=O)NC(C)C(=O)O)C(C)O)C(C)O. The molecule has 0 aliphatic heterocycles. The number of aliphatic carboxylic acids is 3. The molecule has 64 heavy (non-hydrogen) atoms. The summed E-state index contributed by atoms with van der Waals surface area (Å²) < 4.78 is 0. The number of carboxylic acids is 3. The van der Waals surface area contributed by atoms with Gasteiger partial charge in [-0.15, -0.1) is 0 Å². The van der Waals surface area contributed by atoms with E-state index in [9.17, 15) is 73.2 Å². The summed E-state index contributed by atoms with van der Waals surface area (Å²) in [4.78, 5) is 139. The number of amides is 8. The maximum Gasteiger partial charge on any atom is 0.325 e. The molecule has 0 saturated carbocycles. The van der Waals surface area contributed by atoms with Gasteiger partial charge in [0.2, 0.25) is 47.3 Å². The number of carboxylic acid groups (broad SMARTS) is 3. The summed E-state index contributed by atoms with van der Waals surface area (Å²) in [7, 11) is 0. The first kappa shape index (κ1) is 58.4. The van der Waals surface area contributed by atoms with E-state index in [-0.39, 0.29) is 18.8 Å². The number of thioether (sulfide) groups is 1. The smallest absolute Gasteiger partial charge is 0.325 e. The number of nitrogens with two attached hydrogens (primary N) is 1. The van der Waals surface area contributed by atoms with Crippen LogP contribution >= 0.6 is 11.8 Å². The molecule has 0 aliphatic carbocycles. The number of hydrogen-bond acceptors (Lipinski definition) is 16. The molecule has 0 radical (unpaired) electrons.